The van der Waals surface area contributed by atoms with Crippen molar-refractivity contribution < 1.29 is 4.74 Å². The Morgan fingerprint density at radius 2 is 1.83 bits per heavy atom. The normalized spacial score (nSPS) is 12.1. The second kappa shape index (κ2) is 11.7. The summed E-state index contributed by atoms with van der Waals surface area (Å²) < 4.78 is 9.66. The average molecular weight is 617 g/mol. The molecule has 0 aliphatic rings. The second-order valence-corrected chi connectivity index (χ2v) is 12.2. The van der Waals surface area contributed by atoms with Crippen LogP contribution >= 0.6 is 34.5 Å². The lowest BCUT2D eigenvalue weighted by atomic mass is 10.0. The maximum absolute atomic E-state index is 13.4. The Morgan fingerprint density at radius 3 is 2.55 bits per heavy atom. The van der Waals surface area contributed by atoms with Crippen LogP contribution in [-0.2, 0) is 0 Å². The van der Waals surface area contributed by atoms with E-state index in [-0.39, 0.29) is 5.56 Å². The summed E-state index contributed by atoms with van der Waals surface area (Å²) in [6, 6.07) is 21.0. The first-order valence-corrected chi connectivity index (χ1v) is 15.1. The summed E-state index contributed by atoms with van der Waals surface area (Å²) in [6.07, 6.45) is 4.77. The molecule has 10 heteroatoms. The van der Waals surface area contributed by atoms with Gasteiger partial charge >= 0.3 is 0 Å². The monoisotopic (exact) mass is 615 g/mol. The maximum Gasteiger partial charge on any atom is 0.291 e. The van der Waals surface area contributed by atoms with Crippen molar-refractivity contribution in [1.82, 2.24) is 24.4 Å². The third kappa shape index (κ3) is 5.70. The number of rotatable bonds is 8. The Morgan fingerprint density at radius 1 is 1.02 bits per heavy atom. The van der Waals surface area contributed by atoms with E-state index in [1.54, 1.807) is 18.2 Å². The van der Waals surface area contributed by atoms with Gasteiger partial charge in [-0.1, -0.05) is 66.6 Å². The lowest BCUT2D eigenvalue weighted by Crippen LogP contribution is -2.23. The molecule has 0 saturated carbocycles. The Labute approximate surface area is 256 Å². The number of hydrogen-bond donors (Lipinski definition) is 0. The largest absolute Gasteiger partial charge is 0.493 e. The van der Waals surface area contributed by atoms with Crippen molar-refractivity contribution in [3.8, 4) is 34.1 Å². The Balaban J connectivity index is 1.41. The number of fused-ring (bicyclic) bond motifs is 1. The van der Waals surface area contributed by atoms with Gasteiger partial charge in [-0.25, -0.2) is 4.68 Å². The zero-order chi connectivity index (χ0) is 29.4. The first-order chi connectivity index (χ1) is 20.3. The molecule has 3 aromatic heterocycles. The van der Waals surface area contributed by atoms with Crippen molar-refractivity contribution in [3.63, 3.8) is 0 Å². The first kappa shape index (κ1) is 28.2. The van der Waals surface area contributed by atoms with Gasteiger partial charge in [0.2, 0.25) is 4.96 Å². The van der Waals surface area contributed by atoms with Gasteiger partial charge < -0.3 is 4.74 Å². The molecule has 0 radical (unpaired) electrons. The van der Waals surface area contributed by atoms with Gasteiger partial charge in [0.25, 0.3) is 5.56 Å². The zero-order valence-electron chi connectivity index (χ0n) is 23.2. The molecule has 6 aromatic rings. The standard InChI is InChI=1S/C32H27Cl2N5O2S/c1-19(2)13-14-41-27-12-9-21(15-20(27)3)29-22(18-38(36-29)24-7-5-4-6-8-24)16-28-31(40)39-32(42-28)35-30(37-39)25-11-10-23(33)17-26(25)34/h4-12,15-19H,13-14H2,1-3H3. The minimum Gasteiger partial charge on any atom is -0.493 e. The zero-order valence-corrected chi connectivity index (χ0v) is 25.5. The highest BCUT2D eigenvalue weighted by Crippen LogP contribution is 2.30. The van der Waals surface area contributed by atoms with Crippen LogP contribution in [0, 0.1) is 12.8 Å². The summed E-state index contributed by atoms with van der Waals surface area (Å²) in [5.74, 6) is 1.80. The van der Waals surface area contributed by atoms with E-state index in [0.29, 0.717) is 43.5 Å². The van der Waals surface area contributed by atoms with Gasteiger partial charge in [-0.2, -0.15) is 14.6 Å². The van der Waals surface area contributed by atoms with Gasteiger partial charge in [-0.05, 0) is 79.4 Å². The Bertz CT molecular complexity index is 2010. The van der Waals surface area contributed by atoms with Gasteiger partial charge in [-0.15, -0.1) is 5.10 Å². The van der Waals surface area contributed by atoms with E-state index in [1.165, 1.54) is 15.9 Å². The number of nitrogens with zero attached hydrogens (tertiary/aromatic N) is 5. The highest BCUT2D eigenvalue weighted by molar-refractivity contribution is 7.15. The van der Waals surface area contributed by atoms with Crippen LogP contribution < -0.4 is 14.8 Å². The summed E-state index contributed by atoms with van der Waals surface area (Å²) in [5.41, 5.74) is 4.77. The molecular formula is C32H27Cl2N5O2S. The summed E-state index contributed by atoms with van der Waals surface area (Å²) in [5, 5.41) is 10.3. The molecule has 212 valence electrons. The number of aryl methyl sites for hydroxylation is 1. The van der Waals surface area contributed by atoms with Crippen molar-refractivity contribution in [2.75, 3.05) is 6.61 Å². The average Bonchev–Trinajstić information content (AvgIpc) is 3.65. The highest BCUT2D eigenvalue weighted by Gasteiger charge is 2.17. The van der Waals surface area contributed by atoms with Crippen LogP contribution in [0.15, 0.2) is 77.7 Å². The van der Waals surface area contributed by atoms with E-state index < -0.39 is 0 Å². The van der Waals surface area contributed by atoms with Gasteiger partial charge in [0.1, 0.15) is 11.4 Å². The van der Waals surface area contributed by atoms with Crippen LogP contribution in [0.3, 0.4) is 0 Å². The predicted molar refractivity (Wildman–Crippen MR) is 170 cm³/mol. The van der Waals surface area contributed by atoms with Gasteiger partial charge in [-0.3, -0.25) is 4.79 Å². The minimum absolute atomic E-state index is 0.262. The molecule has 0 bridgehead atoms. The third-order valence-electron chi connectivity index (χ3n) is 6.80. The first-order valence-electron chi connectivity index (χ1n) is 13.5. The van der Waals surface area contributed by atoms with Crippen LogP contribution in [0.1, 0.15) is 31.4 Å². The molecule has 0 fully saturated rings. The summed E-state index contributed by atoms with van der Waals surface area (Å²) >= 11 is 13.7. The minimum atomic E-state index is -0.262. The van der Waals surface area contributed by atoms with E-state index in [4.69, 9.17) is 33.0 Å². The molecule has 0 aliphatic heterocycles. The van der Waals surface area contributed by atoms with Crippen LogP contribution in [0.2, 0.25) is 10.0 Å². The van der Waals surface area contributed by atoms with Crippen molar-refractivity contribution in [3.05, 3.63) is 109 Å². The number of thiazole rings is 1. The predicted octanol–water partition coefficient (Wildman–Crippen LogP) is 7.26. The molecule has 42 heavy (non-hydrogen) atoms. The topological polar surface area (TPSA) is 74.3 Å². The quantitative estimate of drug-likeness (QED) is 0.180. The number of para-hydroxylation sites is 1. The molecule has 6 rings (SSSR count). The van der Waals surface area contributed by atoms with Crippen molar-refractivity contribution in [2.24, 2.45) is 5.92 Å². The second-order valence-electron chi connectivity index (χ2n) is 10.4. The fraction of sp³-hybridized carbons (Fsp3) is 0.188. The van der Waals surface area contributed by atoms with E-state index in [1.807, 2.05) is 66.3 Å². The lowest BCUT2D eigenvalue weighted by molar-refractivity contribution is 0.288. The number of ether oxygens (including phenoxy) is 1. The van der Waals surface area contributed by atoms with Gasteiger partial charge in [0, 0.05) is 27.9 Å². The fourth-order valence-corrected chi connectivity index (χ4v) is 5.95. The van der Waals surface area contributed by atoms with E-state index in [0.717, 1.165) is 40.2 Å². The van der Waals surface area contributed by atoms with E-state index in [9.17, 15) is 4.79 Å². The van der Waals surface area contributed by atoms with Crippen LogP contribution in [0.25, 0.3) is 39.4 Å². The number of aromatic nitrogens is 5. The van der Waals surface area contributed by atoms with Crippen molar-refractivity contribution in [2.45, 2.75) is 27.2 Å². The number of benzene rings is 3. The van der Waals surface area contributed by atoms with E-state index >= 15 is 0 Å². The summed E-state index contributed by atoms with van der Waals surface area (Å²) in [6.45, 7) is 7.07. The number of halogens is 2. The number of hydrogen-bond acceptors (Lipinski definition) is 6. The molecule has 3 heterocycles. The van der Waals surface area contributed by atoms with Crippen molar-refractivity contribution >= 4 is 45.6 Å². The van der Waals surface area contributed by atoms with Gasteiger partial charge in [0.05, 0.1) is 21.8 Å². The highest BCUT2D eigenvalue weighted by atomic mass is 35.5. The van der Waals surface area contributed by atoms with Crippen LogP contribution in [0.4, 0.5) is 0 Å². The molecule has 3 aromatic carbocycles. The molecule has 0 N–H and O–H groups in total. The maximum atomic E-state index is 13.4. The summed E-state index contributed by atoms with van der Waals surface area (Å²) in [4.78, 5) is 18.5. The van der Waals surface area contributed by atoms with Crippen LogP contribution in [0.5, 0.6) is 5.75 Å². The molecule has 0 atom stereocenters. The van der Waals surface area contributed by atoms with Crippen LogP contribution in [-0.4, -0.2) is 31.0 Å². The van der Waals surface area contributed by atoms with E-state index in [2.05, 4.69) is 30.0 Å². The molecule has 0 saturated heterocycles. The molecule has 7 nitrogen and oxygen atoms in total. The molecule has 0 amide bonds. The molecular weight excluding hydrogens is 589 g/mol. The molecule has 0 spiro atoms. The molecule has 0 aliphatic carbocycles. The molecule has 0 unspecified atom stereocenters. The Kier molecular flexibility index (Phi) is 7.86. The summed E-state index contributed by atoms with van der Waals surface area (Å²) in [7, 11) is 0. The van der Waals surface area contributed by atoms with Crippen molar-refractivity contribution in [1.29, 1.82) is 0 Å². The van der Waals surface area contributed by atoms with Gasteiger partial charge in [0.15, 0.2) is 5.82 Å². The SMILES string of the molecule is Cc1cc(-c2nn(-c3ccccc3)cc2C=c2sc3nc(-c4ccc(Cl)cc4Cl)nn3c2=O)ccc1OCCC(C)C. The fourth-order valence-electron chi connectivity index (χ4n) is 4.55. The smallest absolute Gasteiger partial charge is 0.291 e. The lowest BCUT2D eigenvalue weighted by Gasteiger charge is -2.11. The third-order valence-corrected chi connectivity index (χ3v) is 8.31. The Hall–Kier alpha value is -3.98.